The number of ether oxygens (including phenoxy) is 1. The molecule has 0 atom stereocenters. The maximum absolute atomic E-state index is 14.7. The lowest BCUT2D eigenvalue weighted by atomic mass is 10.0. The molecule has 0 aliphatic heterocycles. The van der Waals surface area contributed by atoms with Crippen molar-refractivity contribution in [2.45, 2.75) is 4.90 Å². The van der Waals surface area contributed by atoms with Gasteiger partial charge in [-0.1, -0.05) is 30.3 Å². The third kappa shape index (κ3) is 4.33. The first kappa shape index (κ1) is 19.9. The van der Waals surface area contributed by atoms with Gasteiger partial charge in [-0.05, 0) is 17.7 Å². The molecule has 28 heavy (non-hydrogen) atoms. The highest BCUT2D eigenvalue weighted by molar-refractivity contribution is 7.89. The number of nitrogens with zero attached hydrogens (tertiary/aromatic N) is 2. The highest BCUT2D eigenvalue weighted by Crippen LogP contribution is 2.31. The van der Waals surface area contributed by atoms with Gasteiger partial charge in [0.05, 0.1) is 11.5 Å². The average molecular weight is 402 g/mol. The lowest BCUT2D eigenvalue weighted by molar-refractivity contribution is 0.204. The standard InChI is InChI=1S/C19H19FN4O3S/c1-27-9-8-24-28(25,26)18-5-3-2-4-16(18)13-6-7-15(17(20)10-13)14-11-22-19(21)23-12-14/h2-7,10-12,24H,8-9H2,1H3,(H2,21,22,23). The minimum absolute atomic E-state index is 0.0640. The van der Waals surface area contributed by atoms with Gasteiger partial charge in [0.2, 0.25) is 16.0 Å². The maximum atomic E-state index is 14.7. The van der Waals surface area contributed by atoms with Crippen molar-refractivity contribution in [2.24, 2.45) is 0 Å². The number of halogens is 1. The summed E-state index contributed by atoms with van der Waals surface area (Å²) in [4.78, 5) is 7.79. The van der Waals surface area contributed by atoms with Crippen molar-refractivity contribution in [2.75, 3.05) is 26.0 Å². The van der Waals surface area contributed by atoms with Crippen molar-refractivity contribution >= 4 is 16.0 Å². The molecule has 0 fully saturated rings. The second-order valence-electron chi connectivity index (χ2n) is 5.91. The number of rotatable bonds is 7. The molecule has 2 aromatic carbocycles. The predicted octanol–water partition coefficient (Wildman–Crippen LogP) is 2.46. The molecule has 0 amide bonds. The van der Waals surface area contributed by atoms with E-state index in [1.807, 2.05) is 0 Å². The number of aromatic nitrogens is 2. The molecule has 0 saturated heterocycles. The fraction of sp³-hybridized carbons (Fsp3) is 0.158. The van der Waals surface area contributed by atoms with Crippen molar-refractivity contribution in [3.05, 3.63) is 60.7 Å². The summed E-state index contributed by atoms with van der Waals surface area (Å²) >= 11 is 0. The Morgan fingerprint density at radius 2 is 1.79 bits per heavy atom. The van der Waals surface area contributed by atoms with Crippen LogP contribution in [-0.4, -0.2) is 38.6 Å². The molecule has 9 heteroatoms. The highest BCUT2D eigenvalue weighted by atomic mass is 32.2. The van der Waals surface area contributed by atoms with Gasteiger partial charge in [0.25, 0.3) is 0 Å². The summed E-state index contributed by atoms with van der Waals surface area (Å²) in [6, 6.07) is 10.9. The third-order valence-electron chi connectivity index (χ3n) is 4.04. The van der Waals surface area contributed by atoms with Crippen LogP contribution >= 0.6 is 0 Å². The fourth-order valence-electron chi connectivity index (χ4n) is 2.69. The molecule has 1 heterocycles. The Morgan fingerprint density at radius 1 is 1.07 bits per heavy atom. The van der Waals surface area contributed by atoms with Gasteiger partial charge in [0, 0.05) is 42.7 Å². The Balaban J connectivity index is 1.99. The summed E-state index contributed by atoms with van der Waals surface area (Å²) in [5.74, 6) is -0.425. The Kier molecular flexibility index (Phi) is 5.98. The van der Waals surface area contributed by atoms with E-state index in [2.05, 4.69) is 14.7 Å². The van der Waals surface area contributed by atoms with Crippen LogP contribution in [0.2, 0.25) is 0 Å². The van der Waals surface area contributed by atoms with E-state index < -0.39 is 15.8 Å². The number of nitrogens with two attached hydrogens (primary N) is 1. The summed E-state index contributed by atoms with van der Waals surface area (Å²) < 4.78 is 47.3. The predicted molar refractivity (Wildman–Crippen MR) is 104 cm³/mol. The summed E-state index contributed by atoms with van der Waals surface area (Å²) in [7, 11) is -2.29. The summed E-state index contributed by atoms with van der Waals surface area (Å²) in [6.45, 7) is 0.381. The van der Waals surface area contributed by atoms with E-state index in [-0.39, 0.29) is 24.0 Å². The van der Waals surface area contributed by atoms with E-state index >= 15 is 0 Å². The van der Waals surface area contributed by atoms with Crippen molar-refractivity contribution in [1.82, 2.24) is 14.7 Å². The molecule has 7 nitrogen and oxygen atoms in total. The number of nitrogens with one attached hydrogen (secondary N) is 1. The van der Waals surface area contributed by atoms with Crippen LogP contribution in [-0.2, 0) is 14.8 Å². The molecule has 0 radical (unpaired) electrons. The lowest BCUT2D eigenvalue weighted by Gasteiger charge is -2.12. The first-order chi connectivity index (χ1) is 13.4. The van der Waals surface area contributed by atoms with Crippen molar-refractivity contribution in [3.63, 3.8) is 0 Å². The molecule has 3 N–H and O–H groups in total. The molecule has 0 aliphatic rings. The van der Waals surface area contributed by atoms with Gasteiger partial charge in [-0.3, -0.25) is 0 Å². The summed E-state index contributed by atoms with van der Waals surface area (Å²) in [5, 5.41) is 0. The van der Waals surface area contributed by atoms with Crippen LogP contribution in [0.3, 0.4) is 0 Å². The molecule has 0 bridgehead atoms. The van der Waals surface area contributed by atoms with Crippen molar-refractivity contribution < 1.29 is 17.5 Å². The van der Waals surface area contributed by atoms with Gasteiger partial charge in [0.1, 0.15) is 5.82 Å². The number of nitrogen functional groups attached to an aromatic ring is 1. The molecular weight excluding hydrogens is 383 g/mol. The molecule has 0 unspecified atom stereocenters. The largest absolute Gasteiger partial charge is 0.383 e. The van der Waals surface area contributed by atoms with Gasteiger partial charge < -0.3 is 10.5 Å². The first-order valence-corrected chi connectivity index (χ1v) is 9.86. The Hall–Kier alpha value is -2.88. The topological polar surface area (TPSA) is 107 Å². The van der Waals surface area contributed by atoms with E-state index in [1.54, 1.807) is 30.3 Å². The van der Waals surface area contributed by atoms with Crippen LogP contribution in [0, 0.1) is 5.82 Å². The van der Waals surface area contributed by atoms with Crippen LogP contribution in [0.1, 0.15) is 0 Å². The number of benzene rings is 2. The zero-order chi connectivity index (χ0) is 20.1. The van der Waals surface area contributed by atoms with E-state index in [0.717, 1.165) is 0 Å². The molecule has 3 aromatic rings. The second kappa shape index (κ2) is 8.42. The lowest BCUT2D eigenvalue weighted by Crippen LogP contribution is -2.27. The van der Waals surface area contributed by atoms with Crippen LogP contribution in [0.5, 0.6) is 0 Å². The van der Waals surface area contributed by atoms with Crippen molar-refractivity contribution in [1.29, 1.82) is 0 Å². The van der Waals surface area contributed by atoms with Crippen molar-refractivity contribution in [3.8, 4) is 22.3 Å². The average Bonchev–Trinajstić information content (AvgIpc) is 2.69. The molecule has 0 aliphatic carbocycles. The number of hydrogen-bond acceptors (Lipinski definition) is 6. The van der Waals surface area contributed by atoms with Gasteiger partial charge in [-0.15, -0.1) is 0 Å². The Labute approximate surface area is 162 Å². The Morgan fingerprint density at radius 3 is 2.46 bits per heavy atom. The van der Waals surface area contributed by atoms with E-state index in [0.29, 0.717) is 22.3 Å². The van der Waals surface area contributed by atoms with Crippen LogP contribution in [0.4, 0.5) is 10.3 Å². The summed E-state index contributed by atoms with van der Waals surface area (Å²) in [6.07, 6.45) is 2.86. The monoisotopic (exact) mass is 402 g/mol. The highest BCUT2D eigenvalue weighted by Gasteiger charge is 2.19. The van der Waals surface area contributed by atoms with Gasteiger partial charge >= 0.3 is 0 Å². The normalized spacial score (nSPS) is 11.5. The first-order valence-electron chi connectivity index (χ1n) is 8.38. The van der Waals surface area contributed by atoms with Crippen LogP contribution in [0.25, 0.3) is 22.3 Å². The molecule has 1 aromatic heterocycles. The molecule has 146 valence electrons. The zero-order valence-corrected chi connectivity index (χ0v) is 15.9. The Bertz CT molecular complexity index is 1070. The third-order valence-corrected chi connectivity index (χ3v) is 5.56. The van der Waals surface area contributed by atoms with Gasteiger partial charge in [-0.25, -0.2) is 27.5 Å². The minimum Gasteiger partial charge on any atom is -0.383 e. The number of anilines is 1. The number of sulfonamides is 1. The maximum Gasteiger partial charge on any atom is 0.241 e. The van der Waals surface area contributed by atoms with Crippen LogP contribution < -0.4 is 10.5 Å². The smallest absolute Gasteiger partial charge is 0.241 e. The number of hydrogen-bond donors (Lipinski definition) is 2. The second-order valence-corrected chi connectivity index (χ2v) is 7.65. The van der Waals surface area contributed by atoms with Gasteiger partial charge in [-0.2, -0.15) is 0 Å². The SMILES string of the molecule is COCCNS(=O)(=O)c1ccccc1-c1ccc(-c2cnc(N)nc2)c(F)c1. The van der Waals surface area contributed by atoms with Crippen LogP contribution in [0.15, 0.2) is 59.8 Å². The number of methoxy groups -OCH3 is 1. The van der Waals surface area contributed by atoms with E-state index in [9.17, 15) is 12.8 Å². The fourth-order valence-corrected chi connectivity index (χ4v) is 3.93. The summed E-state index contributed by atoms with van der Waals surface area (Å²) in [5.41, 5.74) is 7.05. The quantitative estimate of drug-likeness (QED) is 0.588. The van der Waals surface area contributed by atoms with E-state index in [1.165, 1.54) is 31.6 Å². The zero-order valence-electron chi connectivity index (χ0n) is 15.1. The minimum atomic E-state index is -3.78. The molecular formula is C19H19FN4O3S. The molecule has 0 saturated carbocycles. The molecule has 3 rings (SSSR count). The van der Waals surface area contributed by atoms with Gasteiger partial charge in [0.15, 0.2) is 0 Å². The molecule has 0 spiro atoms. The van der Waals surface area contributed by atoms with E-state index in [4.69, 9.17) is 10.5 Å².